The Morgan fingerprint density at radius 1 is 1.21 bits per heavy atom. The van der Waals surface area contributed by atoms with Crippen molar-refractivity contribution in [1.82, 2.24) is 10.2 Å². The Balaban J connectivity index is 1.88. The van der Waals surface area contributed by atoms with Gasteiger partial charge in [0.05, 0.1) is 0 Å². The number of nitrogens with one attached hydrogen (secondary N) is 1. The molecule has 0 radical (unpaired) electrons. The number of nitrogens with zero attached hydrogens (tertiary/aromatic N) is 1. The second-order valence-electron chi connectivity index (χ2n) is 7.35. The highest BCUT2D eigenvalue weighted by Gasteiger charge is 2.37. The van der Waals surface area contributed by atoms with Gasteiger partial charge in [-0.2, -0.15) is 0 Å². The number of hydrogen-bond acceptors (Lipinski definition) is 2. The Morgan fingerprint density at radius 2 is 1.89 bits per heavy atom. The van der Waals surface area contributed by atoms with Crippen LogP contribution in [0, 0.1) is 11.3 Å². The van der Waals surface area contributed by atoms with Crippen molar-refractivity contribution in [3.05, 3.63) is 0 Å². The van der Waals surface area contributed by atoms with Gasteiger partial charge >= 0.3 is 0 Å². The van der Waals surface area contributed by atoms with Crippen molar-refractivity contribution in [2.24, 2.45) is 11.3 Å². The molecule has 0 heterocycles. The molecule has 2 aliphatic carbocycles. The highest BCUT2D eigenvalue weighted by Crippen LogP contribution is 2.40. The fourth-order valence-corrected chi connectivity index (χ4v) is 3.57. The van der Waals surface area contributed by atoms with E-state index in [1.807, 2.05) is 0 Å². The van der Waals surface area contributed by atoms with E-state index in [1.165, 1.54) is 71.1 Å². The Morgan fingerprint density at radius 3 is 2.42 bits per heavy atom. The maximum absolute atomic E-state index is 3.70. The summed E-state index contributed by atoms with van der Waals surface area (Å²) in [7, 11) is 0. The molecule has 2 nitrogen and oxygen atoms in total. The van der Waals surface area contributed by atoms with Crippen LogP contribution in [0.4, 0.5) is 0 Å². The molecular weight excluding hydrogens is 232 g/mol. The van der Waals surface area contributed by atoms with Crippen LogP contribution >= 0.6 is 0 Å². The lowest BCUT2D eigenvalue weighted by Gasteiger charge is -2.38. The Hall–Kier alpha value is -0.0800. The summed E-state index contributed by atoms with van der Waals surface area (Å²) in [5.41, 5.74) is 0.578. The van der Waals surface area contributed by atoms with Crippen molar-refractivity contribution in [3.63, 3.8) is 0 Å². The summed E-state index contributed by atoms with van der Waals surface area (Å²) in [6.45, 7) is 12.1. The monoisotopic (exact) mass is 266 g/mol. The van der Waals surface area contributed by atoms with Gasteiger partial charge in [-0.15, -0.1) is 0 Å². The van der Waals surface area contributed by atoms with Crippen molar-refractivity contribution < 1.29 is 0 Å². The summed E-state index contributed by atoms with van der Waals surface area (Å²) in [5.74, 6) is 1.02. The third-order valence-corrected chi connectivity index (χ3v) is 5.05. The molecule has 1 N–H and O–H groups in total. The van der Waals surface area contributed by atoms with E-state index in [0.29, 0.717) is 11.5 Å². The van der Waals surface area contributed by atoms with Crippen molar-refractivity contribution >= 4 is 0 Å². The minimum absolute atomic E-state index is 0.578. The third-order valence-electron chi connectivity index (χ3n) is 5.05. The van der Waals surface area contributed by atoms with Gasteiger partial charge in [0, 0.05) is 25.7 Å². The molecule has 0 amide bonds. The van der Waals surface area contributed by atoms with E-state index in [1.54, 1.807) is 0 Å². The van der Waals surface area contributed by atoms with Gasteiger partial charge in [-0.25, -0.2) is 0 Å². The highest BCUT2D eigenvalue weighted by atomic mass is 15.2. The Kier molecular flexibility index (Phi) is 5.70. The topological polar surface area (TPSA) is 15.3 Å². The molecule has 2 fully saturated rings. The van der Waals surface area contributed by atoms with Gasteiger partial charge in [-0.05, 0) is 63.8 Å². The molecule has 19 heavy (non-hydrogen) atoms. The molecule has 2 saturated carbocycles. The quantitative estimate of drug-likeness (QED) is 0.641. The zero-order chi connectivity index (χ0) is 13.7. The fourth-order valence-electron chi connectivity index (χ4n) is 3.57. The number of rotatable bonds is 9. The minimum Gasteiger partial charge on any atom is -0.316 e. The lowest BCUT2D eigenvalue weighted by Crippen LogP contribution is -2.46. The van der Waals surface area contributed by atoms with E-state index < -0.39 is 0 Å². The van der Waals surface area contributed by atoms with Gasteiger partial charge in [0.2, 0.25) is 0 Å². The summed E-state index contributed by atoms with van der Waals surface area (Å²) in [6, 6.07) is 0.712. The molecule has 0 aromatic carbocycles. The first-order valence-electron chi connectivity index (χ1n) is 8.60. The van der Waals surface area contributed by atoms with Crippen molar-refractivity contribution in [3.8, 4) is 0 Å². The van der Waals surface area contributed by atoms with E-state index in [9.17, 15) is 0 Å². The molecule has 112 valence electrons. The zero-order valence-corrected chi connectivity index (χ0v) is 13.4. The normalized spacial score (nSPS) is 22.6. The average Bonchev–Trinajstić information content (AvgIpc) is 3.07. The summed E-state index contributed by atoms with van der Waals surface area (Å²) in [6.07, 6.45) is 9.99. The van der Waals surface area contributed by atoms with Gasteiger partial charge in [0.25, 0.3) is 0 Å². The van der Waals surface area contributed by atoms with E-state index in [4.69, 9.17) is 0 Å². The van der Waals surface area contributed by atoms with Crippen molar-refractivity contribution in [2.75, 3.05) is 26.2 Å². The summed E-state index contributed by atoms with van der Waals surface area (Å²) < 4.78 is 0. The second kappa shape index (κ2) is 7.08. The van der Waals surface area contributed by atoms with E-state index in [0.717, 1.165) is 5.92 Å². The van der Waals surface area contributed by atoms with Crippen LogP contribution in [0.15, 0.2) is 0 Å². The molecule has 0 unspecified atom stereocenters. The van der Waals surface area contributed by atoms with E-state index >= 15 is 0 Å². The summed E-state index contributed by atoms with van der Waals surface area (Å²) in [5, 5.41) is 3.70. The summed E-state index contributed by atoms with van der Waals surface area (Å²) in [4.78, 5) is 2.77. The predicted octanol–water partition coefficient (Wildman–Crippen LogP) is 3.67. The van der Waals surface area contributed by atoms with Gasteiger partial charge in [-0.3, -0.25) is 0 Å². The molecule has 0 spiro atoms. The van der Waals surface area contributed by atoms with Crippen LogP contribution in [0.3, 0.4) is 0 Å². The SMILES string of the molecule is CCCNCC1(CN(CC2CC2)C(C)C)CCCC1. The lowest BCUT2D eigenvalue weighted by atomic mass is 9.85. The molecule has 2 heteroatoms. The predicted molar refractivity (Wildman–Crippen MR) is 83.5 cm³/mol. The summed E-state index contributed by atoms with van der Waals surface area (Å²) >= 11 is 0. The number of hydrogen-bond donors (Lipinski definition) is 1. The van der Waals surface area contributed by atoms with E-state index in [2.05, 4.69) is 31.0 Å². The van der Waals surface area contributed by atoms with Gasteiger partial charge in [-0.1, -0.05) is 19.8 Å². The molecule has 0 bridgehead atoms. The van der Waals surface area contributed by atoms with Crippen molar-refractivity contribution in [1.29, 1.82) is 0 Å². The first-order chi connectivity index (χ1) is 9.15. The average molecular weight is 266 g/mol. The van der Waals surface area contributed by atoms with Crippen LogP contribution in [0.5, 0.6) is 0 Å². The Bertz CT molecular complexity index is 252. The fraction of sp³-hybridized carbons (Fsp3) is 1.00. The molecule has 0 aromatic rings. The van der Waals surface area contributed by atoms with Gasteiger partial charge in [0.15, 0.2) is 0 Å². The maximum Gasteiger partial charge on any atom is 0.00530 e. The first-order valence-corrected chi connectivity index (χ1v) is 8.60. The first kappa shape index (κ1) is 15.3. The van der Waals surface area contributed by atoms with Gasteiger partial charge < -0.3 is 10.2 Å². The lowest BCUT2D eigenvalue weighted by molar-refractivity contribution is 0.117. The van der Waals surface area contributed by atoms with Crippen LogP contribution in [-0.2, 0) is 0 Å². The molecule has 2 aliphatic rings. The molecule has 0 atom stereocenters. The van der Waals surface area contributed by atoms with Crippen LogP contribution in [0.2, 0.25) is 0 Å². The minimum atomic E-state index is 0.578. The second-order valence-corrected chi connectivity index (χ2v) is 7.35. The van der Waals surface area contributed by atoms with Gasteiger partial charge in [0.1, 0.15) is 0 Å². The molecular formula is C17H34N2. The molecule has 0 aliphatic heterocycles. The van der Waals surface area contributed by atoms with Crippen molar-refractivity contribution in [2.45, 2.75) is 71.8 Å². The Labute approximate surface area is 120 Å². The van der Waals surface area contributed by atoms with Crippen LogP contribution in [0.25, 0.3) is 0 Å². The van der Waals surface area contributed by atoms with Crippen LogP contribution in [-0.4, -0.2) is 37.1 Å². The molecule has 0 saturated heterocycles. The molecule has 2 rings (SSSR count). The van der Waals surface area contributed by atoms with Crippen LogP contribution < -0.4 is 5.32 Å². The van der Waals surface area contributed by atoms with Crippen LogP contribution in [0.1, 0.15) is 65.7 Å². The molecule has 0 aromatic heterocycles. The zero-order valence-electron chi connectivity index (χ0n) is 13.4. The maximum atomic E-state index is 3.70. The standard InChI is InChI=1S/C17H34N2/c1-4-11-18-13-17(9-5-6-10-17)14-19(15(2)3)12-16-7-8-16/h15-16,18H,4-14H2,1-3H3. The third kappa shape index (κ3) is 4.75. The van der Waals surface area contributed by atoms with E-state index in [-0.39, 0.29) is 0 Å². The smallest absolute Gasteiger partial charge is 0.00530 e. The largest absolute Gasteiger partial charge is 0.316 e. The highest BCUT2D eigenvalue weighted by molar-refractivity contribution is 4.91.